The Hall–Kier alpha value is -1.66. The van der Waals surface area contributed by atoms with Crippen LogP contribution in [0.5, 0.6) is 0 Å². The lowest BCUT2D eigenvalue weighted by molar-refractivity contribution is 0.0264. The molecule has 1 aromatic carbocycles. The van der Waals surface area contributed by atoms with Gasteiger partial charge in [-0.25, -0.2) is 4.39 Å². The summed E-state index contributed by atoms with van der Waals surface area (Å²) in [4.78, 5) is 11.9. The van der Waals surface area contributed by atoms with Gasteiger partial charge in [0.25, 0.3) is 5.91 Å². The van der Waals surface area contributed by atoms with Gasteiger partial charge in [0.2, 0.25) is 0 Å². The number of ether oxygens (including phenoxy) is 1. The number of rotatable bonds is 3. The van der Waals surface area contributed by atoms with Crippen molar-refractivity contribution in [2.75, 3.05) is 25.5 Å². The Labute approximate surface area is 110 Å². The number of hydrogen-bond donors (Lipinski definition) is 3. The van der Waals surface area contributed by atoms with E-state index in [1.54, 1.807) is 6.92 Å². The standard InChI is InChI=1S/C13H17FN2O3/c1-8-10(14)4-9(5-11(8)15)12(17)16-6-13(18)2-3-19-7-13/h4-5,18H,2-3,6-7,15H2,1H3,(H,16,17). The molecule has 1 saturated heterocycles. The summed E-state index contributed by atoms with van der Waals surface area (Å²) in [5.41, 5.74) is 5.27. The number of nitrogens with one attached hydrogen (secondary N) is 1. The quantitative estimate of drug-likeness (QED) is 0.701. The van der Waals surface area contributed by atoms with E-state index in [1.807, 2.05) is 0 Å². The average Bonchev–Trinajstić information content (AvgIpc) is 2.80. The van der Waals surface area contributed by atoms with Crippen LogP contribution in [0, 0.1) is 12.7 Å². The Morgan fingerprint density at radius 3 is 2.95 bits per heavy atom. The van der Waals surface area contributed by atoms with Crippen LogP contribution in [-0.2, 0) is 4.74 Å². The molecule has 0 bridgehead atoms. The molecule has 5 nitrogen and oxygen atoms in total. The highest BCUT2D eigenvalue weighted by molar-refractivity contribution is 5.95. The van der Waals surface area contributed by atoms with Crippen molar-refractivity contribution in [2.24, 2.45) is 0 Å². The lowest BCUT2D eigenvalue weighted by atomic mass is 10.0. The van der Waals surface area contributed by atoms with Gasteiger partial charge in [0.15, 0.2) is 0 Å². The first-order chi connectivity index (χ1) is 8.91. The van der Waals surface area contributed by atoms with Crippen LogP contribution in [0.4, 0.5) is 10.1 Å². The predicted molar refractivity (Wildman–Crippen MR) is 68.3 cm³/mol. The van der Waals surface area contributed by atoms with Crippen molar-refractivity contribution in [1.82, 2.24) is 5.32 Å². The number of carbonyl (C=O) groups excluding carboxylic acids is 1. The summed E-state index contributed by atoms with van der Waals surface area (Å²) in [6, 6.07) is 2.55. The summed E-state index contributed by atoms with van der Waals surface area (Å²) in [6.45, 7) is 2.28. The topological polar surface area (TPSA) is 84.6 Å². The summed E-state index contributed by atoms with van der Waals surface area (Å²) < 4.78 is 18.6. The van der Waals surface area contributed by atoms with Gasteiger partial charge >= 0.3 is 0 Å². The maximum absolute atomic E-state index is 13.5. The first-order valence-corrected chi connectivity index (χ1v) is 6.05. The molecule has 1 fully saturated rings. The lowest BCUT2D eigenvalue weighted by Gasteiger charge is -2.20. The second kappa shape index (κ2) is 5.14. The minimum atomic E-state index is -1.04. The molecule has 1 heterocycles. The third-order valence-electron chi connectivity index (χ3n) is 3.31. The van der Waals surface area contributed by atoms with Crippen molar-refractivity contribution in [3.05, 3.63) is 29.1 Å². The highest BCUT2D eigenvalue weighted by Crippen LogP contribution is 2.19. The van der Waals surface area contributed by atoms with Crippen molar-refractivity contribution in [2.45, 2.75) is 18.9 Å². The van der Waals surface area contributed by atoms with Crippen LogP contribution in [0.15, 0.2) is 12.1 Å². The minimum Gasteiger partial charge on any atom is -0.398 e. The molecule has 0 aliphatic carbocycles. The fourth-order valence-electron chi connectivity index (χ4n) is 1.91. The molecule has 1 amide bonds. The van der Waals surface area contributed by atoms with Gasteiger partial charge in [0.1, 0.15) is 11.4 Å². The van der Waals surface area contributed by atoms with Crippen molar-refractivity contribution in [1.29, 1.82) is 0 Å². The molecule has 0 saturated carbocycles. The fourth-order valence-corrected chi connectivity index (χ4v) is 1.91. The molecule has 1 aliphatic heterocycles. The predicted octanol–water partition coefficient (Wildman–Crippen LogP) is 0.598. The minimum absolute atomic E-state index is 0.0707. The van der Waals surface area contributed by atoms with Crippen LogP contribution >= 0.6 is 0 Å². The molecular weight excluding hydrogens is 251 g/mol. The number of aliphatic hydroxyl groups is 1. The SMILES string of the molecule is Cc1c(N)cc(C(=O)NCC2(O)CCOC2)cc1F. The van der Waals surface area contributed by atoms with E-state index in [0.717, 1.165) is 6.07 Å². The third kappa shape index (κ3) is 3.02. The highest BCUT2D eigenvalue weighted by atomic mass is 19.1. The third-order valence-corrected chi connectivity index (χ3v) is 3.31. The van der Waals surface area contributed by atoms with E-state index in [1.165, 1.54) is 6.07 Å². The van der Waals surface area contributed by atoms with E-state index < -0.39 is 17.3 Å². The molecular formula is C13H17FN2O3. The number of hydrogen-bond acceptors (Lipinski definition) is 4. The Morgan fingerprint density at radius 1 is 1.63 bits per heavy atom. The van der Waals surface area contributed by atoms with Gasteiger partial charge in [-0.2, -0.15) is 0 Å². The molecule has 1 aromatic rings. The average molecular weight is 268 g/mol. The van der Waals surface area contributed by atoms with Crippen LogP contribution in [0.2, 0.25) is 0 Å². The van der Waals surface area contributed by atoms with E-state index in [-0.39, 0.29) is 24.4 Å². The highest BCUT2D eigenvalue weighted by Gasteiger charge is 2.32. The van der Waals surface area contributed by atoms with Crippen LogP contribution in [0.1, 0.15) is 22.3 Å². The molecule has 0 aromatic heterocycles. The summed E-state index contributed by atoms with van der Waals surface area (Å²) in [5, 5.41) is 12.6. The zero-order valence-corrected chi connectivity index (χ0v) is 10.7. The number of nitrogen functional groups attached to an aromatic ring is 1. The summed E-state index contributed by atoms with van der Waals surface area (Å²) >= 11 is 0. The number of amides is 1. The second-order valence-corrected chi connectivity index (χ2v) is 4.88. The lowest BCUT2D eigenvalue weighted by Crippen LogP contribution is -2.43. The smallest absolute Gasteiger partial charge is 0.251 e. The van der Waals surface area contributed by atoms with Gasteiger partial charge in [0, 0.05) is 36.4 Å². The Balaban J connectivity index is 2.04. The van der Waals surface area contributed by atoms with E-state index >= 15 is 0 Å². The Kier molecular flexibility index (Phi) is 3.73. The molecule has 1 unspecified atom stereocenters. The van der Waals surface area contributed by atoms with Crippen molar-refractivity contribution in [3.63, 3.8) is 0 Å². The first kappa shape index (κ1) is 13.8. The molecule has 0 radical (unpaired) electrons. The van der Waals surface area contributed by atoms with Gasteiger partial charge in [-0.05, 0) is 19.1 Å². The molecule has 19 heavy (non-hydrogen) atoms. The van der Waals surface area contributed by atoms with Gasteiger partial charge in [-0.15, -0.1) is 0 Å². The largest absolute Gasteiger partial charge is 0.398 e. The van der Waals surface area contributed by atoms with Crippen molar-refractivity contribution >= 4 is 11.6 Å². The van der Waals surface area contributed by atoms with Crippen LogP contribution in [-0.4, -0.2) is 36.4 Å². The second-order valence-electron chi connectivity index (χ2n) is 4.88. The first-order valence-electron chi connectivity index (χ1n) is 6.05. The van der Waals surface area contributed by atoms with Gasteiger partial charge in [-0.3, -0.25) is 4.79 Å². The van der Waals surface area contributed by atoms with Crippen molar-refractivity contribution < 1.29 is 19.0 Å². The molecule has 4 N–H and O–H groups in total. The van der Waals surface area contributed by atoms with Crippen LogP contribution in [0.3, 0.4) is 0 Å². The molecule has 6 heteroatoms. The number of anilines is 1. The summed E-state index contributed by atoms with van der Waals surface area (Å²) in [7, 11) is 0. The maximum atomic E-state index is 13.5. The van der Waals surface area contributed by atoms with E-state index in [0.29, 0.717) is 18.6 Å². The zero-order valence-electron chi connectivity index (χ0n) is 10.7. The number of halogens is 1. The van der Waals surface area contributed by atoms with Crippen LogP contribution < -0.4 is 11.1 Å². The molecule has 104 valence electrons. The van der Waals surface area contributed by atoms with Gasteiger partial charge < -0.3 is 20.9 Å². The molecule has 1 atom stereocenters. The van der Waals surface area contributed by atoms with E-state index in [4.69, 9.17) is 10.5 Å². The van der Waals surface area contributed by atoms with Crippen molar-refractivity contribution in [3.8, 4) is 0 Å². The molecule has 2 rings (SSSR count). The fraction of sp³-hybridized carbons (Fsp3) is 0.462. The van der Waals surface area contributed by atoms with Gasteiger partial charge in [0.05, 0.1) is 6.61 Å². The van der Waals surface area contributed by atoms with E-state index in [9.17, 15) is 14.3 Å². The Bertz CT molecular complexity index is 476. The number of nitrogens with two attached hydrogens (primary N) is 1. The van der Waals surface area contributed by atoms with Crippen LogP contribution in [0.25, 0.3) is 0 Å². The Morgan fingerprint density at radius 2 is 2.37 bits per heavy atom. The van der Waals surface area contributed by atoms with Gasteiger partial charge in [-0.1, -0.05) is 0 Å². The summed E-state index contributed by atoms with van der Waals surface area (Å²) in [6.07, 6.45) is 0.470. The molecule has 1 aliphatic rings. The summed E-state index contributed by atoms with van der Waals surface area (Å²) in [5.74, 6) is -0.987. The maximum Gasteiger partial charge on any atom is 0.251 e. The monoisotopic (exact) mass is 268 g/mol. The number of carbonyl (C=O) groups is 1. The zero-order chi connectivity index (χ0) is 14.0. The molecule has 0 spiro atoms. The van der Waals surface area contributed by atoms with E-state index in [2.05, 4.69) is 5.32 Å². The number of benzene rings is 1. The normalized spacial score (nSPS) is 22.5.